The number of unbranched alkanes of at least 4 members (excludes halogenated alkanes) is 1. The number of hydrogen-bond donors (Lipinski definition) is 0. The number of halogens is 3. The largest absolute Gasteiger partial charge is 0.385 e. The van der Waals surface area contributed by atoms with Gasteiger partial charge in [-0.15, -0.1) is 0 Å². The van der Waals surface area contributed by atoms with Crippen molar-refractivity contribution in [3.63, 3.8) is 0 Å². The van der Waals surface area contributed by atoms with Gasteiger partial charge >= 0.3 is 0 Å². The third-order valence-corrected chi connectivity index (χ3v) is 2.22. The van der Waals surface area contributed by atoms with Crippen molar-refractivity contribution in [2.24, 2.45) is 0 Å². The van der Waals surface area contributed by atoms with Crippen molar-refractivity contribution in [3.05, 3.63) is 0 Å². The van der Waals surface area contributed by atoms with Crippen molar-refractivity contribution in [2.75, 3.05) is 38.7 Å². The van der Waals surface area contributed by atoms with Crippen LogP contribution in [0.25, 0.3) is 0 Å². The number of ether oxygens (including phenoxy) is 1. The summed E-state index contributed by atoms with van der Waals surface area (Å²) in [5.41, 5.74) is 0. The van der Waals surface area contributed by atoms with Gasteiger partial charge in [-0.25, -0.2) is 8.78 Å². The summed E-state index contributed by atoms with van der Waals surface area (Å²) in [6.07, 6.45) is -0.400. The van der Waals surface area contributed by atoms with Crippen LogP contribution in [0.2, 0.25) is 0 Å². The van der Waals surface area contributed by atoms with E-state index >= 15 is 0 Å². The summed E-state index contributed by atoms with van der Waals surface area (Å²) in [6.45, 7) is 1.98. The van der Waals surface area contributed by atoms with Gasteiger partial charge in [-0.1, -0.05) is 15.9 Å². The summed E-state index contributed by atoms with van der Waals surface area (Å²) < 4.78 is 29.1. The van der Waals surface area contributed by atoms with Gasteiger partial charge in [0.15, 0.2) is 0 Å². The Bertz CT molecular complexity index is 127. The van der Waals surface area contributed by atoms with Crippen LogP contribution in [0.4, 0.5) is 8.78 Å². The average molecular weight is 274 g/mol. The minimum Gasteiger partial charge on any atom is -0.385 e. The maximum atomic E-state index is 12.1. The zero-order chi connectivity index (χ0) is 10.8. The fraction of sp³-hybridized carbons (Fsp3) is 1.00. The highest BCUT2D eigenvalue weighted by Gasteiger charge is 2.10. The number of rotatable bonds is 9. The molecule has 0 saturated carbocycles. The predicted molar refractivity (Wildman–Crippen MR) is 57.3 cm³/mol. The molecule has 0 rings (SSSR count). The average Bonchev–Trinajstić information content (AvgIpc) is 2.12. The maximum absolute atomic E-state index is 12.1. The van der Waals surface area contributed by atoms with Crippen LogP contribution in [0.15, 0.2) is 0 Å². The Labute approximate surface area is 92.7 Å². The van der Waals surface area contributed by atoms with E-state index in [1.807, 2.05) is 0 Å². The lowest BCUT2D eigenvalue weighted by Crippen LogP contribution is -2.31. The molecule has 2 nitrogen and oxygen atoms in total. The van der Waals surface area contributed by atoms with Gasteiger partial charge in [0.1, 0.15) is 0 Å². The normalized spacial score (nSPS) is 11.6. The van der Waals surface area contributed by atoms with E-state index in [1.165, 1.54) is 0 Å². The van der Waals surface area contributed by atoms with Crippen molar-refractivity contribution < 1.29 is 13.5 Å². The monoisotopic (exact) mass is 273 g/mol. The van der Waals surface area contributed by atoms with Crippen molar-refractivity contribution in [3.8, 4) is 0 Å². The molecule has 0 N–H and O–H groups in total. The van der Waals surface area contributed by atoms with Crippen LogP contribution in [0.5, 0.6) is 0 Å². The number of nitrogens with zero attached hydrogens (tertiary/aromatic N) is 1. The number of alkyl halides is 3. The second-order valence-electron chi connectivity index (χ2n) is 3.08. The van der Waals surface area contributed by atoms with Gasteiger partial charge in [-0.3, -0.25) is 4.90 Å². The first kappa shape index (κ1) is 14.3. The molecule has 14 heavy (non-hydrogen) atoms. The van der Waals surface area contributed by atoms with E-state index in [9.17, 15) is 8.78 Å². The second kappa shape index (κ2) is 9.80. The molecular weight excluding hydrogens is 256 g/mol. The van der Waals surface area contributed by atoms with E-state index in [0.29, 0.717) is 13.2 Å². The lowest BCUT2D eigenvalue weighted by molar-refractivity contribution is 0.0890. The molecule has 0 aromatic carbocycles. The Morgan fingerprint density at radius 1 is 1.29 bits per heavy atom. The molecule has 0 aliphatic carbocycles. The number of methoxy groups -OCH3 is 1. The van der Waals surface area contributed by atoms with E-state index in [2.05, 4.69) is 15.9 Å². The van der Waals surface area contributed by atoms with Gasteiger partial charge < -0.3 is 4.74 Å². The fourth-order valence-corrected chi connectivity index (χ4v) is 1.69. The Morgan fingerprint density at radius 2 is 2.00 bits per heavy atom. The summed E-state index contributed by atoms with van der Waals surface area (Å²) >= 11 is 3.25. The highest BCUT2D eigenvalue weighted by atomic mass is 79.9. The first-order valence-corrected chi connectivity index (χ1v) is 5.88. The van der Waals surface area contributed by atoms with Crippen molar-refractivity contribution >= 4 is 15.9 Å². The molecule has 0 bridgehead atoms. The Balaban J connectivity index is 3.51. The molecule has 0 heterocycles. The first-order valence-electron chi connectivity index (χ1n) is 4.76. The van der Waals surface area contributed by atoms with Gasteiger partial charge in [0.25, 0.3) is 6.43 Å². The van der Waals surface area contributed by atoms with Crippen LogP contribution in [0.1, 0.15) is 12.8 Å². The van der Waals surface area contributed by atoms with Crippen LogP contribution in [0, 0.1) is 0 Å². The Kier molecular flexibility index (Phi) is 9.98. The van der Waals surface area contributed by atoms with Crippen LogP contribution in [-0.2, 0) is 4.74 Å². The molecule has 0 aliphatic heterocycles. The van der Waals surface area contributed by atoms with Crippen molar-refractivity contribution in [1.82, 2.24) is 4.90 Å². The summed E-state index contributed by atoms with van der Waals surface area (Å²) in [4.78, 5) is 1.77. The predicted octanol–water partition coefficient (Wildman–Crippen LogP) is 2.38. The summed E-state index contributed by atoms with van der Waals surface area (Å²) in [7, 11) is 1.65. The molecule has 0 aliphatic rings. The minimum atomic E-state index is -2.24. The van der Waals surface area contributed by atoms with Crippen molar-refractivity contribution in [2.45, 2.75) is 19.3 Å². The maximum Gasteiger partial charge on any atom is 0.251 e. The molecule has 0 atom stereocenters. The van der Waals surface area contributed by atoms with E-state index in [1.54, 1.807) is 12.0 Å². The minimum absolute atomic E-state index is 0.126. The third kappa shape index (κ3) is 8.84. The molecule has 0 spiro atoms. The summed E-state index contributed by atoms with van der Waals surface area (Å²) in [5, 5.41) is 0.740. The van der Waals surface area contributed by atoms with Gasteiger partial charge in [0.05, 0.1) is 6.54 Å². The molecule has 5 heteroatoms. The first-order chi connectivity index (χ1) is 6.70. The topological polar surface area (TPSA) is 12.5 Å². The molecule has 0 amide bonds. The molecule has 0 unspecified atom stereocenters. The second-order valence-corrected chi connectivity index (χ2v) is 3.87. The molecule has 0 aromatic heterocycles. The molecular formula is C9H18BrF2NO. The molecule has 0 radical (unpaired) electrons. The van der Waals surface area contributed by atoms with Gasteiger partial charge in [0.2, 0.25) is 0 Å². The van der Waals surface area contributed by atoms with Crippen LogP contribution < -0.4 is 0 Å². The van der Waals surface area contributed by atoms with E-state index in [0.717, 1.165) is 24.7 Å². The highest BCUT2D eigenvalue weighted by molar-refractivity contribution is 9.09. The van der Waals surface area contributed by atoms with Gasteiger partial charge in [-0.05, 0) is 19.4 Å². The third-order valence-electron chi connectivity index (χ3n) is 1.87. The van der Waals surface area contributed by atoms with Crippen molar-refractivity contribution in [1.29, 1.82) is 0 Å². The van der Waals surface area contributed by atoms with Crippen LogP contribution in [0.3, 0.4) is 0 Å². The molecule has 0 aromatic rings. The zero-order valence-electron chi connectivity index (χ0n) is 8.52. The number of hydrogen-bond acceptors (Lipinski definition) is 2. The van der Waals surface area contributed by atoms with Gasteiger partial charge in [-0.2, -0.15) is 0 Å². The fourth-order valence-electron chi connectivity index (χ4n) is 1.19. The van der Waals surface area contributed by atoms with E-state index in [-0.39, 0.29) is 6.54 Å². The Morgan fingerprint density at radius 3 is 2.50 bits per heavy atom. The van der Waals surface area contributed by atoms with Gasteiger partial charge in [0, 0.05) is 25.6 Å². The SMILES string of the molecule is COCCCCN(CCBr)CC(F)F. The zero-order valence-corrected chi connectivity index (χ0v) is 10.1. The molecule has 0 fully saturated rings. The lowest BCUT2D eigenvalue weighted by atomic mass is 10.3. The van der Waals surface area contributed by atoms with Crippen LogP contribution in [-0.4, -0.2) is 50.0 Å². The summed E-state index contributed by atoms with van der Waals surface area (Å²) in [6, 6.07) is 0. The summed E-state index contributed by atoms with van der Waals surface area (Å²) in [5.74, 6) is 0. The lowest BCUT2D eigenvalue weighted by Gasteiger charge is -2.20. The molecule has 0 saturated heterocycles. The Hall–Kier alpha value is 0.260. The van der Waals surface area contributed by atoms with E-state index < -0.39 is 6.43 Å². The highest BCUT2D eigenvalue weighted by Crippen LogP contribution is 2.02. The van der Waals surface area contributed by atoms with E-state index in [4.69, 9.17) is 4.74 Å². The molecule has 86 valence electrons. The van der Waals surface area contributed by atoms with Crippen LogP contribution >= 0.6 is 15.9 Å². The quantitative estimate of drug-likeness (QED) is 0.473. The standard InChI is InChI=1S/C9H18BrF2NO/c1-14-7-3-2-5-13(6-4-10)8-9(11)12/h9H,2-8H2,1H3. The smallest absolute Gasteiger partial charge is 0.251 e.